The number of benzene rings is 5. The summed E-state index contributed by atoms with van der Waals surface area (Å²) in [5.41, 5.74) is 2.39. The lowest BCUT2D eigenvalue weighted by Crippen LogP contribution is -1.88. The molecule has 0 fully saturated rings. The molecule has 8 nitrogen and oxygen atoms in total. The molecular formula is C35H25Cl2F2NO7. The molecule has 47 heavy (non-hydrogen) atoms. The van der Waals surface area contributed by atoms with Crippen LogP contribution in [-0.4, -0.2) is 36.4 Å². The molecule has 0 saturated heterocycles. The fourth-order valence-electron chi connectivity index (χ4n) is 2.95. The van der Waals surface area contributed by atoms with Crippen LogP contribution in [0.2, 0.25) is 10.0 Å². The van der Waals surface area contributed by atoms with Gasteiger partial charge in [-0.25, -0.2) is 8.78 Å². The number of nitro groups is 1. The zero-order chi connectivity index (χ0) is 35.0. The SMILES string of the molecule is O=Cc1ccc(Cl)cc1.O=Cc1ccc(F)cc1.O=Cc1cccc(Cl)c1.O=Cc1cccc(F)c1.O=Cc1cccc([N+](=O)[O-])c1. The van der Waals surface area contributed by atoms with Gasteiger partial charge >= 0.3 is 0 Å². The van der Waals surface area contributed by atoms with Crippen LogP contribution >= 0.6 is 23.2 Å². The summed E-state index contributed by atoms with van der Waals surface area (Å²) in [6.45, 7) is 0. The van der Waals surface area contributed by atoms with Crippen molar-refractivity contribution in [3.63, 3.8) is 0 Å². The Bertz CT molecular complexity index is 1650. The summed E-state index contributed by atoms with van der Waals surface area (Å²) in [6.07, 6.45) is 3.43. The fourth-order valence-corrected chi connectivity index (χ4v) is 3.28. The van der Waals surface area contributed by atoms with Crippen LogP contribution in [0.1, 0.15) is 51.8 Å². The Kier molecular flexibility index (Phi) is 19.0. The van der Waals surface area contributed by atoms with Gasteiger partial charge in [0.2, 0.25) is 0 Å². The average molecular weight is 680 g/mol. The molecule has 5 aromatic carbocycles. The molecule has 0 amide bonds. The smallest absolute Gasteiger partial charge is 0.270 e. The number of hydrogen-bond acceptors (Lipinski definition) is 7. The minimum Gasteiger partial charge on any atom is -0.298 e. The molecule has 0 spiro atoms. The van der Waals surface area contributed by atoms with Crippen LogP contribution in [0.4, 0.5) is 14.5 Å². The van der Waals surface area contributed by atoms with Crippen molar-refractivity contribution < 1.29 is 37.7 Å². The highest BCUT2D eigenvalue weighted by Crippen LogP contribution is 2.11. The number of non-ortho nitro benzene ring substituents is 1. The number of carbonyl (C=O) groups excluding carboxylic acids is 5. The van der Waals surface area contributed by atoms with E-state index in [0.29, 0.717) is 56.7 Å². The highest BCUT2D eigenvalue weighted by atomic mass is 35.5. The van der Waals surface area contributed by atoms with E-state index in [-0.39, 0.29) is 17.3 Å². The van der Waals surface area contributed by atoms with Crippen LogP contribution in [0.5, 0.6) is 0 Å². The van der Waals surface area contributed by atoms with Crippen LogP contribution < -0.4 is 0 Å². The second kappa shape index (κ2) is 22.7. The minimum absolute atomic E-state index is 0.0606. The van der Waals surface area contributed by atoms with Gasteiger partial charge in [0.05, 0.1) is 4.92 Å². The highest BCUT2D eigenvalue weighted by molar-refractivity contribution is 6.31. The lowest BCUT2D eigenvalue weighted by Gasteiger charge is -1.90. The van der Waals surface area contributed by atoms with Gasteiger partial charge in [0.25, 0.3) is 5.69 Å². The minimum atomic E-state index is -0.535. The molecule has 0 unspecified atom stereocenters. The van der Waals surface area contributed by atoms with Gasteiger partial charge in [0, 0.05) is 50.0 Å². The summed E-state index contributed by atoms with van der Waals surface area (Å²) >= 11 is 11.1. The van der Waals surface area contributed by atoms with Crippen molar-refractivity contribution in [3.05, 3.63) is 181 Å². The topological polar surface area (TPSA) is 128 Å². The maximum Gasteiger partial charge on any atom is 0.270 e. The number of halogens is 4. The van der Waals surface area contributed by atoms with Crippen molar-refractivity contribution in [1.29, 1.82) is 0 Å². The molecule has 0 saturated carbocycles. The Balaban J connectivity index is 0.000000294. The van der Waals surface area contributed by atoms with Gasteiger partial charge in [-0.05, 0) is 60.7 Å². The molecule has 0 bridgehead atoms. The summed E-state index contributed by atoms with van der Waals surface area (Å²) in [7, 11) is 0. The van der Waals surface area contributed by atoms with Crippen molar-refractivity contribution in [2.24, 2.45) is 0 Å². The van der Waals surface area contributed by atoms with Crippen molar-refractivity contribution in [2.75, 3.05) is 0 Å². The van der Waals surface area contributed by atoms with E-state index in [0.717, 1.165) is 12.6 Å². The summed E-state index contributed by atoms with van der Waals surface area (Å²) in [4.78, 5) is 59.9. The van der Waals surface area contributed by atoms with E-state index in [1.165, 1.54) is 66.7 Å². The van der Waals surface area contributed by atoms with E-state index in [9.17, 15) is 42.9 Å². The molecule has 5 aromatic rings. The maximum atomic E-state index is 12.2. The van der Waals surface area contributed by atoms with Crippen LogP contribution in [0, 0.1) is 21.7 Å². The van der Waals surface area contributed by atoms with Gasteiger partial charge in [0.15, 0.2) is 0 Å². The number of aldehydes is 5. The molecule has 12 heteroatoms. The zero-order valence-electron chi connectivity index (χ0n) is 24.3. The second-order valence-corrected chi connectivity index (χ2v) is 9.53. The van der Waals surface area contributed by atoms with Gasteiger partial charge < -0.3 is 0 Å². The van der Waals surface area contributed by atoms with E-state index >= 15 is 0 Å². The first-order valence-electron chi connectivity index (χ1n) is 13.1. The summed E-state index contributed by atoms with van der Waals surface area (Å²) in [5.74, 6) is -0.694. The Hall–Kier alpha value is -5.71. The summed E-state index contributed by atoms with van der Waals surface area (Å²) < 4.78 is 24.3. The summed E-state index contributed by atoms with van der Waals surface area (Å²) in [5, 5.41) is 11.4. The predicted octanol–water partition coefficient (Wildman–Crippen LogP) is 8.99. The Morgan fingerprint density at radius 1 is 0.468 bits per heavy atom. The molecule has 0 aliphatic rings. The first-order chi connectivity index (χ1) is 22.5. The molecule has 5 rings (SSSR count). The molecule has 0 aromatic heterocycles. The predicted molar refractivity (Wildman–Crippen MR) is 176 cm³/mol. The van der Waals surface area contributed by atoms with E-state index < -0.39 is 4.92 Å². The number of nitrogens with zero attached hydrogens (tertiary/aromatic N) is 1. The van der Waals surface area contributed by atoms with Gasteiger partial charge in [-0.1, -0.05) is 71.7 Å². The standard InChI is InChI=1S/2C7H5ClO.2C7H5FO.C7H5NO3/c8-7-3-1-6(5-9)2-4-7;8-7-3-1-2-6(4-7)5-9;8-7-3-1-6(5-9)2-4-7;8-7-3-1-2-6(4-7)5-9;9-5-6-2-1-3-7(4-6)8(10)11/h4*1-5H;1-5H. The van der Waals surface area contributed by atoms with Crippen molar-refractivity contribution in [2.45, 2.75) is 0 Å². The largest absolute Gasteiger partial charge is 0.298 e. The van der Waals surface area contributed by atoms with Gasteiger partial charge in [0.1, 0.15) is 43.1 Å². The molecule has 0 aliphatic carbocycles. The Morgan fingerprint density at radius 2 is 0.894 bits per heavy atom. The third-order valence-corrected chi connectivity index (χ3v) is 5.69. The van der Waals surface area contributed by atoms with Crippen LogP contribution in [-0.2, 0) is 0 Å². The number of hydrogen-bond donors (Lipinski definition) is 0. The fraction of sp³-hybridized carbons (Fsp3) is 0. The van der Waals surface area contributed by atoms with Crippen molar-refractivity contribution in [1.82, 2.24) is 0 Å². The normalized spacial score (nSPS) is 9.02. The van der Waals surface area contributed by atoms with E-state index in [1.807, 2.05) is 0 Å². The number of rotatable bonds is 6. The molecule has 0 radical (unpaired) electrons. The highest BCUT2D eigenvalue weighted by Gasteiger charge is 2.03. The Morgan fingerprint density at radius 3 is 1.30 bits per heavy atom. The van der Waals surface area contributed by atoms with Crippen molar-refractivity contribution >= 4 is 60.3 Å². The van der Waals surface area contributed by atoms with Gasteiger partial charge in [-0.15, -0.1) is 0 Å². The first kappa shape index (κ1) is 39.3. The average Bonchev–Trinajstić information content (AvgIpc) is 3.10. The molecule has 0 N–H and O–H groups in total. The zero-order valence-corrected chi connectivity index (χ0v) is 25.8. The van der Waals surface area contributed by atoms with E-state index in [1.54, 1.807) is 54.6 Å². The van der Waals surface area contributed by atoms with Crippen LogP contribution in [0.15, 0.2) is 121 Å². The first-order valence-corrected chi connectivity index (χ1v) is 13.8. The monoisotopic (exact) mass is 679 g/mol. The van der Waals surface area contributed by atoms with Crippen molar-refractivity contribution in [3.8, 4) is 0 Å². The molecule has 0 atom stereocenters. The quantitative estimate of drug-likeness (QED) is 0.0995. The Labute approximate surface area is 278 Å². The van der Waals surface area contributed by atoms with Crippen LogP contribution in [0.3, 0.4) is 0 Å². The summed E-state index contributed by atoms with van der Waals surface area (Å²) in [6, 6.07) is 30.0. The lowest BCUT2D eigenvalue weighted by atomic mass is 10.2. The number of carbonyl (C=O) groups is 5. The molecule has 0 aliphatic heterocycles. The van der Waals surface area contributed by atoms with E-state index in [2.05, 4.69) is 0 Å². The van der Waals surface area contributed by atoms with E-state index in [4.69, 9.17) is 23.2 Å². The lowest BCUT2D eigenvalue weighted by molar-refractivity contribution is -0.384. The molecule has 240 valence electrons. The molecular weight excluding hydrogens is 655 g/mol. The van der Waals surface area contributed by atoms with Gasteiger partial charge in [-0.3, -0.25) is 34.1 Å². The van der Waals surface area contributed by atoms with Crippen LogP contribution in [0.25, 0.3) is 0 Å². The van der Waals surface area contributed by atoms with Gasteiger partial charge in [-0.2, -0.15) is 0 Å². The maximum absolute atomic E-state index is 12.2. The third-order valence-electron chi connectivity index (χ3n) is 5.20. The second-order valence-electron chi connectivity index (χ2n) is 8.65. The number of nitro benzene ring substituents is 1. The molecule has 0 heterocycles. The third kappa shape index (κ3) is 17.4.